The number of halogens is 2. The van der Waals surface area contributed by atoms with Gasteiger partial charge in [-0.1, -0.05) is 17.7 Å². The molecular weight excluding hydrogens is 340 g/mol. The van der Waals surface area contributed by atoms with Crippen molar-refractivity contribution in [1.29, 1.82) is 0 Å². The van der Waals surface area contributed by atoms with E-state index in [-0.39, 0.29) is 6.04 Å². The third-order valence-electron chi connectivity index (χ3n) is 3.65. The van der Waals surface area contributed by atoms with E-state index in [4.69, 9.17) is 11.6 Å². The molecule has 0 amide bonds. The second-order valence-electron chi connectivity index (χ2n) is 4.99. The number of aromatic hydroxyl groups is 1. The Labute approximate surface area is 133 Å². The van der Waals surface area contributed by atoms with Crippen molar-refractivity contribution >= 4 is 27.5 Å². The highest BCUT2D eigenvalue weighted by Gasteiger charge is 2.25. The molecule has 3 nitrogen and oxygen atoms in total. The average Bonchev–Trinajstić information content (AvgIpc) is 2.45. The van der Waals surface area contributed by atoms with Gasteiger partial charge in [0, 0.05) is 42.8 Å². The van der Waals surface area contributed by atoms with Gasteiger partial charge in [0.05, 0.1) is 4.47 Å². The summed E-state index contributed by atoms with van der Waals surface area (Å²) in [5.41, 5.74) is 0.896. The molecule has 1 atom stereocenters. The Morgan fingerprint density at radius 1 is 1.45 bits per heavy atom. The van der Waals surface area contributed by atoms with E-state index in [9.17, 15) is 5.11 Å². The molecule has 1 fully saturated rings. The van der Waals surface area contributed by atoms with Crippen LogP contribution in [0.1, 0.15) is 24.4 Å². The third-order valence-corrected chi connectivity index (χ3v) is 4.48. The fourth-order valence-electron chi connectivity index (χ4n) is 2.64. The molecule has 0 aliphatic carbocycles. The molecule has 0 unspecified atom stereocenters. The summed E-state index contributed by atoms with van der Waals surface area (Å²) in [7, 11) is 0. The van der Waals surface area contributed by atoms with Crippen LogP contribution in [-0.4, -0.2) is 36.2 Å². The summed E-state index contributed by atoms with van der Waals surface area (Å²) in [4.78, 5) is 2.40. The van der Waals surface area contributed by atoms with E-state index in [1.54, 1.807) is 6.07 Å². The molecule has 2 N–H and O–H groups in total. The van der Waals surface area contributed by atoms with Gasteiger partial charge in [-0.2, -0.15) is 0 Å². The number of nitrogens with one attached hydrogen (secondary N) is 1. The molecular formula is C15H20BrClN2O. The number of nitrogens with zero attached hydrogens (tertiary/aromatic N) is 1. The van der Waals surface area contributed by atoms with Gasteiger partial charge in [-0.05, 0) is 40.9 Å². The summed E-state index contributed by atoms with van der Waals surface area (Å²) in [6.45, 7) is 7.71. The van der Waals surface area contributed by atoms with E-state index < -0.39 is 0 Å². The summed E-state index contributed by atoms with van der Waals surface area (Å²) >= 11 is 9.52. The zero-order chi connectivity index (χ0) is 14.5. The second-order valence-corrected chi connectivity index (χ2v) is 6.28. The minimum Gasteiger partial charge on any atom is -0.506 e. The summed E-state index contributed by atoms with van der Waals surface area (Å²) in [5.74, 6) is 0.294. The largest absolute Gasteiger partial charge is 0.506 e. The number of phenolic OH excluding ortho intramolecular Hbond substituents is 1. The van der Waals surface area contributed by atoms with Gasteiger partial charge >= 0.3 is 0 Å². The zero-order valence-electron chi connectivity index (χ0n) is 11.4. The van der Waals surface area contributed by atoms with Crippen LogP contribution in [0.5, 0.6) is 5.75 Å². The fourth-order valence-corrected chi connectivity index (χ4v) is 3.48. The van der Waals surface area contributed by atoms with E-state index in [0.717, 1.165) is 44.6 Å². The summed E-state index contributed by atoms with van der Waals surface area (Å²) in [5, 5.41) is 14.3. The quantitative estimate of drug-likeness (QED) is 0.787. The first-order valence-electron chi connectivity index (χ1n) is 6.87. The molecule has 1 aliphatic heterocycles. The highest BCUT2D eigenvalue weighted by molar-refractivity contribution is 9.10. The maximum absolute atomic E-state index is 10.3. The fraction of sp³-hybridized carbons (Fsp3) is 0.467. The average molecular weight is 360 g/mol. The highest BCUT2D eigenvalue weighted by Crippen LogP contribution is 2.39. The molecule has 2 rings (SSSR count). The Balaban J connectivity index is 2.31. The molecule has 0 aromatic heterocycles. The number of benzene rings is 1. The SMILES string of the molecule is C=CCC[C@H](c1cc(Cl)cc(Br)c1O)N1CCNCC1. The molecule has 0 saturated carbocycles. The number of piperazine rings is 1. The number of hydrogen-bond acceptors (Lipinski definition) is 3. The van der Waals surface area contributed by atoms with Crippen LogP contribution in [0.4, 0.5) is 0 Å². The lowest BCUT2D eigenvalue weighted by Crippen LogP contribution is -2.45. The van der Waals surface area contributed by atoms with E-state index in [1.807, 2.05) is 12.1 Å². The molecule has 1 aromatic rings. The topological polar surface area (TPSA) is 35.5 Å². The maximum atomic E-state index is 10.3. The summed E-state index contributed by atoms with van der Waals surface area (Å²) in [6.07, 6.45) is 3.77. The highest BCUT2D eigenvalue weighted by atomic mass is 79.9. The van der Waals surface area contributed by atoms with Crippen LogP contribution in [0.2, 0.25) is 5.02 Å². The van der Waals surface area contributed by atoms with Crippen LogP contribution in [0, 0.1) is 0 Å². The van der Waals surface area contributed by atoms with Crippen LogP contribution in [0.25, 0.3) is 0 Å². The molecule has 110 valence electrons. The predicted molar refractivity (Wildman–Crippen MR) is 87.4 cm³/mol. The molecule has 1 aromatic carbocycles. The summed E-state index contributed by atoms with van der Waals surface area (Å²) < 4.78 is 0.652. The molecule has 0 bridgehead atoms. The van der Waals surface area contributed by atoms with Crippen molar-refractivity contribution in [2.45, 2.75) is 18.9 Å². The van der Waals surface area contributed by atoms with Gasteiger partial charge in [0.2, 0.25) is 0 Å². The zero-order valence-corrected chi connectivity index (χ0v) is 13.8. The molecule has 0 spiro atoms. The van der Waals surface area contributed by atoms with Crippen LogP contribution < -0.4 is 5.32 Å². The first-order chi connectivity index (χ1) is 9.63. The summed E-state index contributed by atoms with van der Waals surface area (Å²) in [6, 6.07) is 3.77. The van der Waals surface area contributed by atoms with Crippen LogP contribution in [0.15, 0.2) is 29.3 Å². The van der Waals surface area contributed by atoms with E-state index in [1.165, 1.54) is 0 Å². The van der Waals surface area contributed by atoms with Gasteiger partial charge in [-0.15, -0.1) is 6.58 Å². The second kappa shape index (κ2) is 7.46. The number of phenols is 1. The van der Waals surface area contributed by atoms with E-state index in [0.29, 0.717) is 15.2 Å². The normalized spacial score (nSPS) is 17.9. The van der Waals surface area contributed by atoms with Crippen molar-refractivity contribution in [3.63, 3.8) is 0 Å². The van der Waals surface area contributed by atoms with Crippen LogP contribution in [0.3, 0.4) is 0 Å². The minimum atomic E-state index is 0.171. The lowest BCUT2D eigenvalue weighted by molar-refractivity contribution is 0.163. The van der Waals surface area contributed by atoms with Gasteiger partial charge in [0.25, 0.3) is 0 Å². The minimum absolute atomic E-state index is 0.171. The van der Waals surface area contributed by atoms with Crippen molar-refractivity contribution in [1.82, 2.24) is 10.2 Å². The Morgan fingerprint density at radius 3 is 2.80 bits per heavy atom. The number of hydrogen-bond donors (Lipinski definition) is 2. The molecule has 5 heteroatoms. The Bertz CT molecular complexity index is 475. The lowest BCUT2D eigenvalue weighted by atomic mass is 9.98. The monoisotopic (exact) mass is 358 g/mol. The van der Waals surface area contributed by atoms with Crippen molar-refractivity contribution in [3.05, 3.63) is 39.8 Å². The number of rotatable bonds is 5. The van der Waals surface area contributed by atoms with Crippen molar-refractivity contribution in [2.75, 3.05) is 26.2 Å². The molecule has 1 aliphatic rings. The standard InChI is InChI=1S/C15H20BrClN2O/c1-2-3-4-14(19-7-5-18-6-8-19)12-9-11(17)10-13(16)15(12)20/h2,9-10,14,18,20H,1,3-8H2/t14-/m1/s1. The third kappa shape index (κ3) is 3.76. The molecule has 1 saturated heterocycles. The maximum Gasteiger partial charge on any atom is 0.134 e. The number of allylic oxidation sites excluding steroid dienone is 1. The van der Waals surface area contributed by atoms with Gasteiger partial charge in [0.15, 0.2) is 0 Å². The molecule has 1 heterocycles. The van der Waals surface area contributed by atoms with Gasteiger partial charge in [-0.25, -0.2) is 0 Å². The van der Waals surface area contributed by atoms with Gasteiger partial charge in [0.1, 0.15) is 5.75 Å². The van der Waals surface area contributed by atoms with Gasteiger partial charge < -0.3 is 10.4 Å². The van der Waals surface area contributed by atoms with Crippen molar-refractivity contribution in [3.8, 4) is 5.75 Å². The van der Waals surface area contributed by atoms with E-state index >= 15 is 0 Å². The molecule has 20 heavy (non-hydrogen) atoms. The first kappa shape index (κ1) is 15.8. The van der Waals surface area contributed by atoms with Crippen molar-refractivity contribution in [2.24, 2.45) is 0 Å². The smallest absolute Gasteiger partial charge is 0.134 e. The Hall–Kier alpha value is -0.550. The van der Waals surface area contributed by atoms with Crippen LogP contribution >= 0.6 is 27.5 Å². The Morgan fingerprint density at radius 2 is 2.15 bits per heavy atom. The van der Waals surface area contributed by atoms with Gasteiger partial charge in [-0.3, -0.25) is 4.90 Å². The lowest BCUT2D eigenvalue weighted by Gasteiger charge is -2.35. The first-order valence-corrected chi connectivity index (χ1v) is 8.04. The van der Waals surface area contributed by atoms with Crippen LogP contribution in [-0.2, 0) is 0 Å². The van der Waals surface area contributed by atoms with Crippen molar-refractivity contribution < 1.29 is 5.11 Å². The Kier molecular flexibility index (Phi) is 5.90. The molecule has 0 radical (unpaired) electrons. The van der Waals surface area contributed by atoms with E-state index in [2.05, 4.69) is 32.7 Å². The predicted octanol–water partition coefficient (Wildman–Crippen LogP) is 3.72.